The fraction of sp³-hybridized carbons (Fsp3) is 0.357. The molecule has 0 saturated heterocycles. The van der Waals surface area contributed by atoms with Gasteiger partial charge in [0.25, 0.3) is 0 Å². The van der Waals surface area contributed by atoms with Crippen LogP contribution in [0.1, 0.15) is 47.3 Å². The number of aliphatic hydroxyl groups excluding tert-OH is 1. The summed E-state index contributed by atoms with van der Waals surface area (Å²) in [5.41, 5.74) is 4.14. The van der Waals surface area contributed by atoms with Crippen LogP contribution in [0.3, 0.4) is 0 Å². The van der Waals surface area contributed by atoms with Crippen LogP contribution in [-0.2, 0) is 0 Å². The minimum absolute atomic E-state index is 0.515. The SMILES string of the molecule is OC(c1cncs1)c1ccccc1C1CCC1. The van der Waals surface area contributed by atoms with E-state index in [1.54, 1.807) is 11.7 Å². The van der Waals surface area contributed by atoms with Gasteiger partial charge in [0.1, 0.15) is 6.10 Å². The van der Waals surface area contributed by atoms with Gasteiger partial charge in [-0.1, -0.05) is 30.7 Å². The summed E-state index contributed by atoms with van der Waals surface area (Å²) in [6.45, 7) is 0. The molecular formula is C14H15NOS. The highest BCUT2D eigenvalue weighted by Crippen LogP contribution is 2.40. The molecule has 1 fully saturated rings. The number of aromatic nitrogens is 1. The third-order valence-corrected chi connectivity index (χ3v) is 4.38. The maximum absolute atomic E-state index is 10.4. The highest BCUT2D eigenvalue weighted by Gasteiger charge is 2.25. The van der Waals surface area contributed by atoms with Crippen molar-refractivity contribution in [2.45, 2.75) is 31.3 Å². The Morgan fingerprint density at radius 1 is 1.29 bits per heavy atom. The Kier molecular flexibility index (Phi) is 2.95. The molecule has 0 radical (unpaired) electrons. The summed E-state index contributed by atoms with van der Waals surface area (Å²) in [5.74, 6) is 0.647. The van der Waals surface area contributed by atoms with Gasteiger partial charge in [0, 0.05) is 6.20 Å². The fourth-order valence-electron chi connectivity index (χ4n) is 2.36. The minimum Gasteiger partial charge on any atom is -0.383 e. The maximum atomic E-state index is 10.4. The van der Waals surface area contributed by atoms with Crippen molar-refractivity contribution >= 4 is 11.3 Å². The van der Waals surface area contributed by atoms with E-state index in [1.807, 2.05) is 12.1 Å². The largest absolute Gasteiger partial charge is 0.383 e. The molecule has 1 aromatic carbocycles. The van der Waals surface area contributed by atoms with Gasteiger partial charge in [-0.05, 0) is 29.9 Å². The number of hydrogen-bond donors (Lipinski definition) is 1. The molecule has 3 heteroatoms. The van der Waals surface area contributed by atoms with Crippen LogP contribution >= 0.6 is 11.3 Å². The first-order valence-electron chi connectivity index (χ1n) is 6.01. The molecule has 1 heterocycles. The summed E-state index contributed by atoms with van der Waals surface area (Å²) in [7, 11) is 0. The lowest BCUT2D eigenvalue weighted by molar-refractivity contribution is 0.220. The molecule has 0 bridgehead atoms. The summed E-state index contributed by atoms with van der Waals surface area (Å²) in [6, 6.07) is 8.26. The van der Waals surface area contributed by atoms with Crippen LogP contribution in [0.5, 0.6) is 0 Å². The Hall–Kier alpha value is -1.19. The quantitative estimate of drug-likeness (QED) is 0.898. The smallest absolute Gasteiger partial charge is 0.115 e. The number of hydrogen-bond acceptors (Lipinski definition) is 3. The first-order chi connectivity index (χ1) is 8.36. The second-order valence-corrected chi connectivity index (χ2v) is 5.48. The van der Waals surface area contributed by atoms with Gasteiger partial charge >= 0.3 is 0 Å². The first-order valence-corrected chi connectivity index (χ1v) is 6.89. The Labute approximate surface area is 105 Å². The molecule has 2 aromatic rings. The maximum Gasteiger partial charge on any atom is 0.115 e. The molecule has 3 rings (SSSR count). The van der Waals surface area contributed by atoms with E-state index in [2.05, 4.69) is 17.1 Å². The van der Waals surface area contributed by atoms with Gasteiger partial charge in [-0.2, -0.15) is 0 Å². The predicted molar refractivity (Wildman–Crippen MR) is 69.2 cm³/mol. The normalized spacial score (nSPS) is 17.7. The number of aliphatic hydroxyl groups is 1. The van der Waals surface area contributed by atoms with Gasteiger partial charge in [-0.3, -0.25) is 4.98 Å². The highest BCUT2D eigenvalue weighted by atomic mass is 32.1. The van der Waals surface area contributed by atoms with Crippen molar-refractivity contribution in [3.05, 3.63) is 52.0 Å². The van der Waals surface area contributed by atoms with E-state index in [9.17, 15) is 5.11 Å². The summed E-state index contributed by atoms with van der Waals surface area (Å²) in [4.78, 5) is 4.96. The van der Waals surface area contributed by atoms with Gasteiger partial charge in [0.15, 0.2) is 0 Å². The molecule has 1 N–H and O–H groups in total. The molecule has 1 saturated carbocycles. The van der Waals surface area contributed by atoms with Gasteiger partial charge < -0.3 is 5.11 Å². The van der Waals surface area contributed by atoms with Crippen molar-refractivity contribution in [3.63, 3.8) is 0 Å². The van der Waals surface area contributed by atoms with Crippen LogP contribution in [0.4, 0.5) is 0 Å². The molecule has 1 aliphatic rings. The molecule has 88 valence electrons. The summed E-state index contributed by atoms with van der Waals surface area (Å²) in [5, 5.41) is 10.4. The molecule has 1 aromatic heterocycles. The number of nitrogens with zero attached hydrogens (tertiary/aromatic N) is 1. The van der Waals surface area contributed by atoms with Crippen LogP contribution in [0.25, 0.3) is 0 Å². The number of rotatable bonds is 3. The van der Waals surface area contributed by atoms with Crippen molar-refractivity contribution < 1.29 is 5.11 Å². The second-order valence-electron chi connectivity index (χ2n) is 4.56. The average molecular weight is 245 g/mol. The van der Waals surface area contributed by atoms with Crippen LogP contribution < -0.4 is 0 Å². The standard InChI is InChI=1S/C14H15NOS/c16-14(13-8-15-9-17-13)12-7-2-1-6-11(12)10-4-3-5-10/h1-2,6-10,14,16H,3-5H2. The highest BCUT2D eigenvalue weighted by molar-refractivity contribution is 7.09. The molecule has 1 aliphatic carbocycles. The van der Waals surface area contributed by atoms with Crippen molar-refractivity contribution in [3.8, 4) is 0 Å². The fourth-order valence-corrected chi connectivity index (χ4v) is 2.99. The lowest BCUT2D eigenvalue weighted by atomic mass is 9.77. The van der Waals surface area contributed by atoms with Gasteiger partial charge in [-0.15, -0.1) is 11.3 Å². The third-order valence-electron chi connectivity index (χ3n) is 3.56. The summed E-state index contributed by atoms with van der Waals surface area (Å²) >= 11 is 1.51. The average Bonchev–Trinajstić information content (AvgIpc) is 2.80. The van der Waals surface area contributed by atoms with Crippen molar-refractivity contribution in [1.29, 1.82) is 0 Å². The van der Waals surface area contributed by atoms with E-state index in [1.165, 1.54) is 36.2 Å². The third kappa shape index (κ3) is 2.01. The predicted octanol–water partition coefficient (Wildman–Crippen LogP) is 3.49. The van der Waals surface area contributed by atoms with Crippen molar-refractivity contribution in [2.24, 2.45) is 0 Å². The topological polar surface area (TPSA) is 33.1 Å². The zero-order valence-electron chi connectivity index (χ0n) is 9.54. The molecule has 1 unspecified atom stereocenters. The summed E-state index contributed by atoms with van der Waals surface area (Å²) in [6.07, 6.45) is 5.07. The van der Waals surface area contributed by atoms with E-state index in [0.717, 1.165) is 10.4 Å². The lowest BCUT2D eigenvalue weighted by Crippen LogP contribution is -2.13. The van der Waals surface area contributed by atoms with Crippen LogP contribution in [-0.4, -0.2) is 10.1 Å². The number of thiazole rings is 1. The van der Waals surface area contributed by atoms with Crippen LogP contribution in [0.2, 0.25) is 0 Å². The number of benzene rings is 1. The van der Waals surface area contributed by atoms with Crippen LogP contribution in [0.15, 0.2) is 36.0 Å². The van der Waals surface area contributed by atoms with E-state index >= 15 is 0 Å². The molecule has 17 heavy (non-hydrogen) atoms. The van der Waals surface area contributed by atoms with E-state index < -0.39 is 6.10 Å². The zero-order valence-corrected chi connectivity index (χ0v) is 10.4. The van der Waals surface area contributed by atoms with Crippen molar-refractivity contribution in [1.82, 2.24) is 4.98 Å². The molecule has 0 aliphatic heterocycles. The van der Waals surface area contributed by atoms with E-state index in [0.29, 0.717) is 5.92 Å². The van der Waals surface area contributed by atoms with Crippen LogP contribution in [0, 0.1) is 0 Å². The van der Waals surface area contributed by atoms with Gasteiger partial charge in [0.2, 0.25) is 0 Å². The first kappa shape index (κ1) is 10.9. The summed E-state index contributed by atoms with van der Waals surface area (Å²) < 4.78 is 0. The minimum atomic E-state index is -0.515. The molecular weight excluding hydrogens is 230 g/mol. The Morgan fingerprint density at radius 2 is 2.12 bits per heavy atom. The molecule has 0 amide bonds. The molecule has 2 nitrogen and oxygen atoms in total. The molecule has 1 atom stereocenters. The van der Waals surface area contributed by atoms with E-state index in [-0.39, 0.29) is 0 Å². The Balaban J connectivity index is 1.96. The Bertz CT molecular complexity index is 491. The van der Waals surface area contributed by atoms with E-state index in [4.69, 9.17) is 0 Å². The monoisotopic (exact) mass is 245 g/mol. The van der Waals surface area contributed by atoms with Gasteiger partial charge in [0.05, 0.1) is 10.4 Å². The van der Waals surface area contributed by atoms with Crippen molar-refractivity contribution in [2.75, 3.05) is 0 Å². The zero-order chi connectivity index (χ0) is 11.7. The molecule has 0 spiro atoms. The lowest BCUT2D eigenvalue weighted by Gasteiger charge is -2.29. The second kappa shape index (κ2) is 4.59. The Morgan fingerprint density at radius 3 is 2.76 bits per heavy atom. The van der Waals surface area contributed by atoms with Gasteiger partial charge in [-0.25, -0.2) is 0 Å².